The number of hydrogen-bond acceptors (Lipinski definition) is 6. The zero-order valence-corrected chi connectivity index (χ0v) is 13.0. The number of carbonyl (C=O) groups is 1. The van der Waals surface area contributed by atoms with Crippen molar-refractivity contribution in [3.63, 3.8) is 0 Å². The van der Waals surface area contributed by atoms with Gasteiger partial charge in [0.15, 0.2) is 0 Å². The number of nitrogens with two attached hydrogens (primary N) is 1. The van der Waals surface area contributed by atoms with Gasteiger partial charge in [-0.15, -0.1) is 11.3 Å². The molecule has 1 amide bonds. The van der Waals surface area contributed by atoms with E-state index in [9.17, 15) is 4.79 Å². The predicted octanol–water partition coefficient (Wildman–Crippen LogP) is 1.07. The molecule has 0 aliphatic heterocycles. The lowest BCUT2D eigenvalue weighted by Gasteiger charge is -2.14. The number of fused-ring (bicyclic) bond motifs is 1. The lowest BCUT2D eigenvalue weighted by Crippen LogP contribution is -2.33. The molecule has 0 unspecified atom stereocenters. The fourth-order valence-corrected chi connectivity index (χ4v) is 3.07. The van der Waals surface area contributed by atoms with Gasteiger partial charge in [-0.2, -0.15) is 0 Å². The summed E-state index contributed by atoms with van der Waals surface area (Å²) in [6, 6.07) is 0. The van der Waals surface area contributed by atoms with Crippen LogP contribution in [0.1, 0.15) is 16.3 Å². The summed E-state index contributed by atoms with van der Waals surface area (Å²) in [5.74, 6) is 1.12. The molecule has 6 nitrogen and oxygen atoms in total. The van der Waals surface area contributed by atoms with E-state index < -0.39 is 0 Å². The number of hydrogen-bond donors (Lipinski definition) is 2. The van der Waals surface area contributed by atoms with Crippen LogP contribution in [0.5, 0.6) is 0 Å². The average molecular weight is 293 g/mol. The smallest absolute Gasteiger partial charge is 0.233 e. The summed E-state index contributed by atoms with van der Waals surface area (Å²) in [5.41, 5.74) is 7.18. The van der Waals surface area contributed by atoms with Crippen molar-refractivity contribution >= 4 is 33.3 Å². The van der Waals surface area contributed by atoms with Crippen molar-refractivity contribution in [2.75, 3.05) is 26.4 Å². The zero-order valence-electron chi connectivity index (χ0n) is 12.1. The molecule has 0 saturated heterocycles. The lowest BCUT2D eigenvalue weighted by atomic mass is 10.2. The topological polar surface area (TPSA) is 84.1 Å². The van der Waals surface area contributed by atoms with Gasteiger partial charge in [0.2, 0.25) is 5.91 Å². The zero-order chi connectivity index (χ0) is 14.9. The second kappa shape index (κ2) is 5.72. The predicted molar refractivity (Wildman–Crippen MR) is 81.7 cm³/mol. The first kappa shape index (κ1) is 14.7. The Morgan fingerprint density at radius 1 is 1.40 bits per heavy atom. The van der Waals surface area contributed by atoms with Crippen LogP contribution in [0.4, 0.5) is 5.82 Å². The summed E-state index contributed by atoms with van der Waals surface area (Å²) in [4.78, 5) is 24.2. The van der Waals surface area contributed by atoms with Gasteiger partial charge in [-0.05, 0) is 26.5 Å². The van der Waals surface area contributed by atoms with E-state index in [0.29, 0.717) is 24.7 Å². The minimum absolute atomic E-state index is 0.0376. The molecular formula is C13H19N5OS. The quantitative estimate of drug-likeness (QED) is 0.881. The van der Waals surface area contributed by atoms with Crippen LogP contribution < -0.4 is 11.1 Å². The number of aromatic nitrogens is 2. The number of amides is 1. The van der Waals surface area contributed by atoms with Gasteiger partial charge in [-0.25, -0.2) is 9.97 Å². The molecule has 0 aliphatic rings. The Morgan fingerprint density at radius 3 is 2.75 bits per heavy atom. The molecule has 108 valence electrons. The SMILES string of the molecule is CNC(=O)CN(C)Cc1nc(N)c2c(C)c(C)sc2n1. The monoisotopic (exact) mass is 293 g/mol. The third-order valence-corrected chi connectivity index (χ3v) is 4.31. The van der Waals surface area contributed by atoms with Crippen LogP contribution in [0.25, 0.3) is 10.2 Å². The van der Waals surface area contributed by atoms with Crippen LogP contribution >= 0.6 is 11.3 Å². The minimum atomic E-state index is -0.0376. The average Bonchev–Trinajstić information content (AvgIpc) is 2.64. The molecule has 2 heterocycles. The number of thiophene rings is 1. The van der Waals surface area contributed by atoms with Gasteiger partial charge in [-0.3, -0.25) is 9.69 Å². The Bertz CT molecular complexity index is 652. The van der Waals surface area contributed by atoms with E-state index in [4.69, 9.17) is 5.73 Å². The Hall–Kier alpha value is -1.73. The van der Waals surface area contributed by atoms with Crippen LogP contribution in [0.15, 0.2) is 0 Å². The van der Waals surface area contributed by atoms with Crippen molar-refractivity contribution in [3.05, 3.63) is 16.3 Å². The van der Waals surface area contributed by atoms with Crippen molar-refractivity contribution in [1.29, 1.82) is 0 Å². The highest BCUT2D eigenvalue weighted by Crippen LogP contribution is 2.31. The molecule has 0 atom stereocenters. The molecule has 0 fully saturated rings. The third kappa shape index (κ3) is 2.88. The molecule has 2 aromatic rings. The van der Waals surface area contributed by atoms with Crippen molar-refractivity contribution in [2.24, 2.45) is 0 Å². The van der Waals surface area contributed by atoms with Gasteiger partial charge < -0.3 is 11.1 Å². The van der Waals surface area contributed by atoms with Crippen LogP contribution in [0.2, 0.25) is 0 Å². The van der Waals surface area contributed by atoms with E-state index in [0.717, 1.165) is 15.8 Å². The molecule has 0 saturated carbocycles. The Balaban J connectivity index is 2.26. The van der Waals surface area contributed by atoms with Crippen LogP contribution in [0, 0.1) is 13.8 Å². The largest absolute Gasteiger partial charge is 0.383 e. The van der Waals surface area contributed by atoms with Gasteiger partial charge in [-0.1, -0.05) is 0 Å². The standard InChI is InChI=1S/C13H19N5OS/c1-7-8(2)20-13-11(7)12(14)16-9(17-13)5-18(4)6-10(19)15-3/h5-6H2,1-4H3,(H,15,19)(H2,14,16,17). The van der Waals surface area contributed by atoms with Crippen LogP contribution in [0.3, 0.4) is 0 Å². The van der Waals surface area contributed by atoms with Crippen molar-refractivity contribution in [3.8, 4) is 0 Å². The second-order valence-electron chi connectivity index (χ2n) is 4.83. The molecule has 2 aromatic heterocycles. The molecule has 0 aliphatic carbocycles. The highest BCUT2D eigenvalue weighted by molar-refractivity contribution is 7.18. The maximum atomic E-state index is 11.3. The van der Waals surface area contributed by atoms with E-state index in [2.05, 4.69) is 22.2 Å². The van der Waals surface area contributed by atoms with Gasteiger partial charge in [0.1, 0.15) is 16.5 Å². The van der Waals surface area contributed by atoms with Gasteiger partial charge in [0.25, 0.3) is 0 Å². The number of anilines is 1. The molecule has 2 rings (SSSR count). The maximum absolute atomic E-state index is 11.3. The fraction of sp³-hybridized carbons (Fsp3) is 0.462. The summed E-state index contributed by atoms with van der Waals surface area (Å²) in [6.45, 7) is 4.88. The number of carbonyl (C=O) groups excluding carboxylic acids is 1. The number of rotatable bonds is 4. The molecule has 20 heavy (non-hydrogen) atoms. The summed E-state index contributed by atoms with van der Waals surface area (Å²) < 4.78 is 0. The number of nitrogens with one attached hydrogen (secondary N) is 1. The summed E-state index contributed by atoms with van der Waals surface area (Å²) >= 11 is 1.62. The maximum Gasteiger partial charge on any atom is 0.233 e. The molecule has 0 bridgehead atoms. The summed E-state index contributed by atoms with van der Waals surface area (Å²) in [7, 11) is 3.47. The second-order valence-corrected chi connectivity index (χ2v) is 6.04. The third-order valence-electron chi connectivity index (χ3n) is 3.21. The molecule has 0 radical (unpaired) electrons. The first-order valence-electron chi connectivity index (χ1n) is 6.33. The Kier molecular flexibility index (Phi) is 4.20. The first-order chi connectivity index (χ1) is 9.42. The van der Waals surface area contributed by atoms with Gasteiger partial charge >= 0.3 is 0 Å². The Labute approximate surface area is 122 Å². The molecule has 0 spiro atoms. The van der Waals surface area contributed by atoms with E-state index >= 15 is 0 Å². The van der Waals surface area contributed by atoms with E-state index in [1.807, 2.05) is 18.9 Å². The summed E-state index contributed by atoms with van der Waals surface area (Å²) in [5, 5.41) is 3.54. The van der Waals surface area contributed by atoms with Crippen molar-refractivity contribution in [2.45, 2.75) is 20.4 Å². The van der Waals surface area contributed by atoms with E-state index in [-0.39, 0.29) is 5.91 Å². The number of aryl methyl sites for hydroxylation is 2. The molecule has 0 aromatic carbocycles. The number of nitrogens with zero attached hydrogens (tertiary/aromatic N) is 3. The van der Waals surface area contributed by atoms with Crippen LogP contribution in [-0.4, -0.2) is 41.4 Å². The molecular weight excluding hydrogens is 274 g/mol. The van der Waals surface area contributed by atoms with Crippen molar-refractivity contribution in [1.82, 2.24) is 20.2 Å². The number of likely N-dealkylation sites (N-methyl/N-ethyl adjacent to an activating group) is 2. The minimum Gasteiger partial charge on any atom is -0.383 e. The van der Waals surface area contributed by atoms with E-state index in [1.165, 1.54) is 4.88 Å². The van der Waals surface area contributed by atoms with Gasteiger partial charge in [0.05, 0.1) is 18.5 Å². The summed E-state index contributed by atoms with van der Waals surface area (Å²) in [6.07, 6.45) is 0. The first-order valence-corrected chi connectivity index (χ1v) is 7.15. The highest BCUT2D eigenvalue weighted by atomic mass is 32.1. The normalized spacial score (nSPS) is 11.2. The number of nitrogen functional groups attached to an aromatic ring is 1. The van der Waals surface area contributed by atoms with Crippen LogP contribution in [-0.2, 0) is 11.3 Å². The molecule has 7 heteroatoms. The van der Waals surface area contributed by atoms with E-state index in [1.54, 1.807) is 18.4 Å². The Morgan fingerprint density at radius 2 is 2.10 bits per heavy atom. The highest BCUT2D eigenvalue weighted by Gasteiger charge is 2.14. The molecule has 3 N–H and O–H groups in total. The fourth-order valence-electron chi connectivity index (χ4n) is 2.02. The van der Waals surface area contributed by atoms with Gasteiger partial charge in [0, 0.05) is 11.9 Å². The van der Waals surface area contributed by atoms with Crippen molar-refractivity contribution < 1.29 is 4.79 Å². The lowest BCUT2D eigenvalue weighted by molar-refractivity contribution is -0.121.